The van der Waals surface area contributed by atoms with Crippen LogP contribution in [-0.2, 0) is 12.8 Å². The number of phenols is 1. The summed E-state index contributed by atoms with van der Waals surface area (Å²) in [4.78, 5) is 8.06. The lowest BCUT2D eigenvalue weighted by Crippen LogP contribution is -1.95. The Hall–Kier alpha value is -2.60. The highest BCUT2D eigenvalue weighted by atomic mass is 16.5. The summed E-state index contributed by atoms with van der Waals surface area (Å²) in [5.41, 5.74) is 1.99. The number of aliphatic hydroxyl groups is 1. The molecule has 2 N–H and O–H groups in total. The molecular weight excluding hydrogens is 392 g/mol. The predicted molar refractivity (Wildman–Crippen MR) is 127 cm³/mol. The SMILES string of the molecule is C=CCc1ccc(O)c(OC)c1.CCCCCCCCO.CCc1nccnc1OC. The van der Waals surface area contributed by atoms with Gasteiger partial charge < -0.3 is 19.7 Å². The van der Waals surface area contributed by atoms with Crippen LogP contribution in [0.2, 0.25) is 0 Å². The second-order valence-electron chi connectivity index (χ2n) is 6.86. The molecule has 0 unspecified atom stereocenters. The second kappa shape index (κ2) is 19.4. The minimum atomic E-state index is 0.172. The van der Waals surface area contributed by atoms with Gasteiger partial charge in [0.05, 0.1) is 14.2 Å². The number of benzene rings is 1. The van der Waals surface area contributed by atoms with Crippen molar-refractivity contribution in [2.75, 3.05) is 20.8 Å². The van der Waals surface area contributed by atoms with Crippen molar-refractivity contribution in [2.24, 2.45) is 0 Å². The number of hydrogen-bond acceptors (Lipinski definition) is 6. The molecule has 0 amide bonds. The summed E-state index contributed by atoms with van der Waals surface area (Å²) >= 11 is 0. The molecule has 1 aromatic heterocycles. The largest absolute Gasteiger partial charge is 0.504 e. The third-order valence-corrected chi connectivity index (χ3v) is 4.40. The minimum absolute atomic E-state index is 0.172. The first-order chi connectivity index (χ1) is 15.1. The van der Waals surface area contributed by atoms with Crippen LogP contribution in [-0.4, -0.2) is 41.0 Å². The van der Waals surface area contributed by atoms with Crippen LogP contribution in [0.5, 0.6) is 17.4 Å². The fourth-order valence-electron chi connectivity index (χ4n) is 2.67. The molecule has 0 aliphatic heterocycles. The predicted octanol–water partition coefficient (Wildman–Crippen LogP) is 5.52. The van der Waals surface area contributed by atoms with E-state index in [-0.39, 0.29) is 5.75 Å². The molecule has 1 aromatic carbocycles. The summed E-state index contributed by atoms with van der Waals surface area (Å²) in [6, 6.07) is 5.27. The van der Waals surface area contributed by atoms with E-state index in [1.165, 1.54) is 39.2 Å². The van der Waals surface area contributed by atoms with Crippen LogP contribution in [0.1, 0.15) is 63.6 Å². The van der Waals surface area contributed by atoms with Crippen LogP contribution < -0.4 is 9.47 Å². The molecular formula is C25H40N2O4. The summed E-state index contributed by atoms with van der Waals surface area (Å²) in [6.45, 7) is 8.23. The molecule has 0 bridgehead atoms. The van der Waals surface area contributed by atoms with Crippen molar-refractivity contribution in [2.45, 2.75) is 65.2 Å². The maximum absolute atomic E-state index is 9.25. The number of rotatable bonds is 11. The Morgan fingerprint density at radius 1 is 0.968 bits per heavy atom. The van der Waals surface area contributed by atoms with Gasteiger partial charge in [-0.3, -0.25) is 4.98 Å². The van der Waals surface area contributed by atoms with E-state index in [0.717, 1.165) is 30.5 Å². The number of aryl methyl sites for hydroxylation is 1. The molecule has 0 saturated heterocycles. The normalized spacial score (nSPS) is 9.58. The maximum Gasteiger partial charge on any atom is 0.235 e. The smallest absolute Gasteiger partial charge is 0.235 e. The van der Waals surface area contributed by atoms with Crippen LogP contribution in [0, 0.1) is 0 Å². The number of methoxy groups -OCH3 is 2. The third-order valence-electron chi connectivity index (χ3n) is 4.40. The highest BCUT2D eigenvalue weighted by molar-refractivity contribution is 5.42. The Labute approximate surface area is 188 Å². The second-order valence-corrected chi connectivity index (χ2v) is 6.86. The van der Waals surface area contributed by atoms with E-state index >= 15 is 0 Å². The first-order valence-corrected chi connectivity index (χ1v) is 11.0. The van der Waals surface area contributed by atoms with Crippen LogP contribution in [0.3, 0.4) is 0 Å². The van der Waals surface area contributed by atoms with Gasteiger partial charge in [0.25, 0.3) is 0 Å². The first-order valence-electron chi connectivity index (χ1n) is 11.0. The average Bonchev–Trinajstić information content (AvgIpc) is 2.81. The molecule has 6 nitrogen and oxygen atoms in total. The van der Waals surface area contributed by atoms with Gasteiger partial charge in [-0.1, -0.05) is 58.1 Å². The minimum Gasteiger partial charge on any atom is -0.504 e. The topological polar surface area (TPSA) is 84.7 Å². The van der Waals surface area contributed by atoms with Gasteiger partial charge in [0, 0.05) is 19.0 Å². The van der Waals surface area contributed by atoms with Crippen molar-refractivity contribution in [3.05, 3.63) is 54.5 Å². The van der Waals surface area contributed by atoms with Gasteiger partial charge >= 0.3 is 0 Å². The number of nitrogens with zero attached hydrogens (tertiary/aromatic N) is 2. The molecule has 2 aromatic rings. The third kappa shape index (κ3) is 13.3. The van der Waals surface area contributed by atoms with Crippen molar-refractivity contribution in [1.82, 2.24) is 9.97 Å². The van der Waals surface area contributed by atoms with Crippen molar-refractivity contribution in [3.63, 3.8) is 0 Å². The summed E-state index contributed by atoms with van der Waals surface area (Å²) in [6.07, 6.45) is 14.2. The lowest BCUT2D eigenvalue weighted by Gasteiger charge is -2.04. The van der Waals surface area contributed by atoms with Crippen LogP contribution in [0.4, 0.5) is 0 Å². The average molecular weight is 433 g/mol. The van der Waals surface area contributed by atoms with Crippen molar-refractivity contribution >= 4 is 0 Å². The number of aliphatic hydroxyl groups excluding tert-OH is 1. The number of aromatic hydroxyl groups is 1. The molecule has 0 aliphatic rings. The standard InChI is InChI=1S/C10H12O2.C8H18O.C7H10N2O/c1-3-4-8-5-6-9(11)10(7-8)12-2;1-2-3-4-5-6-7-8-9;1-3-6-7(10-2)9-5-4-8-6/h3,5-7,11H,1,4H2,2H3;9H,2-8H2,1H3;4-5H,3H2,1-2H3. The first kappa shape index (κ1) is 28.4. The lowest BCUT2D eigenvalue weighted by molar-refractivity contribution is 0.282. The van der Waals surface area contributed by atoms with E-state index in [1.54, 1.807) is 31.6 Å². The van der Waals surface area contributed by atoms with E-state index in [2.05, 4.69) is 23.5 Å². The summed E-state index contributed by atoms with van der Waals surface area (Å²) in [5.74, 6) is 1.31. The number of phenolic OH excluding ortho intramolecular Hbond substituents is 1. The molecule has 0 radical (unpaired) electrons. The Morgan fingerprint density at radius 2 is 1.65 bits per heavy atom. The summed E-state index contributed by atoms with van der Waals surface area (Å²) < 4.78 is 9.91. The number of aromatic nitrogens is 2. The van der Waals surface area contributed by atoms with Gasteiger partial charge in [0.15, 0.2) is 11.5 Å². The monoisotopic (exact) mass is 432 g/mol. The van der Waals surface area contributed by atoms with E-state index in [4.69, 9.17) is 14.6 Å². The van der Waals surface area contributed by atoms with E-state index in [9.17, 15) is 5.11 Å². The highest BCUT2D eigenvalue weighted by Crippen LogP contribution is 2.26. The molecule has 6 heteroatoms. The van der Waals surface area contributed by atoms with Gasteiger partial charge in [0.2, 0.25) is 5.88 Å². The molecule has 0 fully saturated rings. The molecule has 0 spiro atoms. The number of hydrogen-bond donors (Lipinski definition) is 2. The van der Waals surface area contributed by atoms with E-state index < -0.39 is 0 Å². The molecule has 31 heavy (non-hydrogen) atoms. The fourth-order valence-corrected chi connectivity index (χ4v) is 2.67. The van der Waals surface area contributed by atoms with E-state index in [1.807, 2.05) is 19.1 Å². The van der Waals surface area contributed by atoms with Crippen molar-refractivity contribution < 1.29 is 19.7 Å². The number of allylic oxidation sites excluding steroid dienone is 1. The number of ether oxygens (including phenoxy) is 2. The highest BCUT2D eigenvalue weighted by Gasteiger charge is 2.01. The van der Waals surface area contributed by atoms with Crippen LogP contribution in [0.25, 0.3) is 0 Å². The van der Waals surface area contributed by atoms with Gasteiger partial charge in [-0.2, -0.15) is 0 Å². The summed E-state index contributed by atoms with van der Waals surface area (Å²) in [7, 11) is 3.13. The molecule has 0 aliphatic carbocycles. The molecule has 174 valence electrons. The van der Waals surface area contributed by atoms with Crippen LogP contribution in [0.15, 0.2) is 43.2 Å². The van der Waals surface area contributed by atoms with Crippen molar-refractivity contribution in [1.29, 1.82) is 0 Å². The molecule has 0 atom stereocenters. The van der Waals surface area contributed by atoms with Crippen LogP contribution >= 0.6 is 0 Å². The molecule has 0 saturated carbocycles. The summed E-state index contributed by atoms with van der Waals surface area (Å²) in [5, 5.41) is 17.7. The maximum atomic E-state index is 9.25. The Balaban J connectivity index is 0.000000441. The van der Waals surface area contributed by atoms with Gasteiger partial charge in [0.1, 0.15) is 5.69 Å². The van der Waals surface area contributed by atoms with Crippen molar-refractivity contribution in [3.8, 4) is 17.4 Å². The Morgan fingerprint density at radius 3 is 2.19 bits per heavy atom. The zero-order chi connectivity index (χ0) is 23.3. The van der Waals surface area contributed by atoms with Gasteiger partial charge in [-0.05, 0) is 37.0 Å². The Kier molecular flexibility index (Phi) is 17.7. The molecule has 1 heterocycles. The Bertz CT molecular complexity index is 679. The zero-order valence-electron chi connectivity index (χ0n) is 19.6. The quantitative estimate of drug-likeness (QED) is 0.359. The fraction of sp³-hybridized carbons (Fsp3) is 0.520. The molecule has 2 rings (SSSR count). The zero-order valence-corrected chi connectivity index (χ0v) is 19.6. The number of unbranched alkanes of at least 4 members (excludes halogenated alkanes) is 5. The van der Waals surface area contributed by atoms with Gasteiger partial charge in [-0.25, -0.2) is 4.98 Å². The van der Waals surface area contributed by atoms with E-state index in [0.29, 0.717) is 18.2 Å². The lowest BCUT2D eigenvalue weighted by atomic mass is 10.1. The van der Waals surface area contributed by atoms with Gasteiger partial charge in [-0.15, -0.1) is 6.58 Å².